The van der Waals surface area contributed by atoms with Crippen LogP contribution in [0.25, 0.3) is 11.0 Å². The highest BCUT2D eigenvalue weighted by atomic mass is 16.5. The van der Waals surface area contributed by atoms with Crippen molar-refractivity contribution in [3.05, 3.63) is 87.5 Å². The number of benzene rings is 3. The van der Waals surface area contributed by atoms with E-state index >= 15 is 0 Å². The fraction of sp³-hybridized carbons (Fsp3) is 0.394. The topological polar surface area (TPSA) is 97.6 Å². The third kappa shape index (κ3) is 5.31. The predicted molar refractivity (Wildman–Crippen MR) is 156 cm³/mol. The van der Waals surface area contributed by atoms with Gasteiger partial charge in [-0.05, 0) is 84.2 Å². The second kappa shape index (κ2) is 11.4. The van der Waals surface area contributed by atoms with Crippen molar-refractivity contribution >= 4 is 22.9 Å². The Labute approximate surface area is 239 Å². The zero-order chi connectivity index (χ0) is 28.5. The number of amides is 1. The molecular weight excluding hydrogens is 516 g/mol. The van der Waals surface area contributed by atoms with Gasteiger partial charge in [0, 0.05) is 25.6 Å². The quantitative estimate of drug-likeness (QED) is 0.352. The van der Waals surface area contributed by atoms with E-state index in [1.54, 1.807) is 7.11 Å². The minimum Gasteiger partial charge on any atom is -0.496 e. The molecule has 0 saturated heterocycles. The first kappa shape index (κ1) is 27.0. The Morgan fingerprint density at radius 3 is 2.68 bits per heavy atom. The molecule has 0 aliphatic carbocycles. The lowest BCUT2D eigenvalue weighted by molar-refractivity contribution is -0.137. The summed E-state index contributed by atoms with van der Waals surface area (Å²) >= 11 is 0. The van der Waals surface area contributed by atoms with Crippen molar-refractivity contribution in [2.45, 2.75) is 70.9 Å². The molecule has 8 nitrogen and oxygen atoms in total. The summed E-state index contributed by atoms with van der Waals surface area (Å²) in [5, 5.41) is 18.9. The molecule has 1 unspecified atom stereocenters. The molecule has 4 aromatic rings. The van der Waals surface area contributed by atoms with Crippen molar-refractivity contribution in [2.75, 3.05) is 13.7 Å². The molecule has 0 fully saturated rings. The highest BCUT2D eigenvalue weighted by Gasteiger charge is 2.27. The predicted octanol–water partition coefficient (Wildman–Crippen LogP) is 5.67. The molecule has 9 rings (SSSR count). The maximum atomic E-state index is 13.7. The van der Waals surface area contributed by atoms with Crippen molar-refractivity contribution < 1.29 is 19.4 Å². The van der Waals surface area contributed by atoms with E-state index in [-0.39, 0.29) is 18.2 Å². The number of aromatic nitrogens is 3. The summed E-state index contributed by atoms with van der Waals surface area (Å²) in [6.45, 7) is 3.90. The van der Waals surface area contributed by atoms with Crippen LogP contribution in [0.3, 0.4) is 0 Å². The zero-order valence-corrected chi connectivity index (χ0v) is 23.7. The van der Waals surface area contributed by atoms with E-state index in [0.717, 1.165) is 78.4 Å². The van der Waals surface area contributed by atoms with Crippen LogP contribution >= 0.6 is 0 Å². The monoisotopic (exact) mass is 552 g/mol. The first-order valence-corrected chi connectivity index (χ1v) is 14.6. The number of methoxy groups -OCH3 is 1. The Kier molecular flexibility index (Phi) is 7.47. The highest BCUT2D eigenvalue weighted by molar-refractivity contribution is 5.97. The smallest absolute Gasteiger partial charge is 0.304 e. The van der Waals surface area contributed by atoms with Crippen LogP contribution in [0.5, 0.6) is 5.75 Å². The van der Waals surface area contributed by atoms with Gasteiger partial charge in [-0.15, -0.1) is 5.10 Å². The molecule has 3 aromatic carbocycles. The van der Waals surface area contributed by atoms with Gasteiger partial charge >= 0.3 is 5.97 Å². The van der Waals surface area contributed by atoms with Gasteiger partial charge in [-0.25, -0.2) is 4.68 Å². The van der Waals surface area contributed by atoms with Gasteiger partial charge in [0.1, 0.15) is 11.3 Å². The van der Waals surface area contributed by atoms with Gasteiger partial charge in [-0.1, -0.05) is 48.4 Å². The van der Waals surface area contributed by atoms with Crippen molar-refractivity contribution in [1.82, 2.24) is 19.9 Å². The van der Waals surface area contributed by atoms with Crippen LogP contribution < -0.4 is 4.74 Å². The second-order valence-corrected chi connectivity index (χ2v) is 11.3. The van der Waals surface area contributed by atoms with Gasteiger partial charge in [-0.2, -0.15) is 0 Å². The fourth-order valence-electron chi connectivity index (χ4n) is 6.46. The molecule has 9 bridgehead atoms. The Balaban J connectivity index is 1.43. The summed E-state index contributed by atoms with van der Waals surface area (Å²) in [7, 11) is 1.62. The van der Waals surface area contributed by atoms with Gasteiger partial charge in [0.2, 0.25) is 0 Å². The molecule has 6 heterocycles. The molecule has 5 aliphatic heterocycles. The normalized spacial score (nSPS) is 17.7. The molecular formula is C33H36N4O4. The minimum absolute atomic E-state index is 0.0362. The molecule has 1 N–H and O–H groups in total. The molecule has 0 spiro atoms. The SMILES string of the molecule is COc1cc2ccc1C(=O)N1CCc3ccc(cc3C1)C(CC(=O)O)c1ccc3c(nnn3CCCCCC2)c1C. The maximum Gasteiger partial charge on any atom is 0.304 e. The molecule has 8 heteroatoms. The lowest BCUT2D eigenvalue weighted by Gasteiger charge is -2.30. The standard InChI is InChI=1S/C33H36N4O4/c1-21-26-12-13-29-32(21)34-35-37(29)15-6-4-3-5-7-22-8-11-27(30(17-22)41-2)33(40)36-16-14-23-9-10-24(18-25(23)20-36)28(26)19-31(38)39/h8-13,17-18,28H,3-7,14-16,19-20H2,1-2H3,(H,38,39). The Morgan fingerprint density at radius 2 is 1.85 bits per heavy atom. The van der Waals surface area contributed by atoms with Gasteiger partial charge in [0.05, 0.1) is 24.6 Å². The van der Waals surface area contributed by atoms with Crippen LogP contribution in [0.4, 0.5) is 0 Å². The van der Waals surface area contributed by atoms with Gasteiger partial charge in [0.15, 0.2) is 0 Å². The summed E-state index contributed by atoms with van der Waals surface area (Å²) in [4.78, 5) is 27.6. The molecule has 1 atom stereocenters. The van der Waals surface area contributed by atoms with Crippen molar-refractivity contribution in [3.8, 4) is 5.75 Å². The largest absolute Gasteiger partial charge is 0.496 e. The number of ether oxygens (including phenoxy) is 1. The molecule has 0 radical (unpaired) electrons. The van der Waals surface area contributed by atoms with E-state index in [0.29, 0.717) is 24.4 Å². The number of carboxylic acids is 1. The molecule has 41 heavy (non-hydrogen) atoms. The number of carbonyl (C=O) groups is 2. The van der Waals surface area contributed by atoms with E-state index in [1.807, 2.05) is 52.9 Å². The van der Waals surface area contributed by atoms with Gasteiger partial charge in [-0.3, -0.25) is 9.59 Å². The molecule has 212 valence electrons. The average molecular weight is 553 g/mol. The number of hydrogen-bond acceptors (Lipinski definition) is 5. The average Bonchev–Trinajstić information content (AvgIpc) is 3.40. The number of carboxylic acid groups (broad SMARTS) is 1. The van der Waals surface area contributed by atoms with Crippen molar-refractivity contribution in [2.24, 2.45) is 0 Å². The number of rotatable bonds is 3. The summed E-state index contributed by atoms with van der Waals surface area (Å²) in [5.41, 5.74) is 8.65. The highest BCUT2D eigenvalue weighted by Crippen LogP contribution is 2.36. The summed E-state index contributed by atoms with van der Waals surface area (Å²) in [6, 6.07) is 16.3. The number of aryl methyl sites for hydroxylation is 3. The summed E-state index contributed by atoms with van der Waals surface area (Å²) < 4.78 is 7.64. The van der Waals surface area contributed by atoms with E-state index in [9.17, 15) is 14.7 Å². The van der Waals surface area contributed by atoms with Gasteiger partial charge in [0.25, 0.3) is 5.91 Å². The van der Waals surface area contributed by atoms with E-state index in [4.69, 9.17) is 4.74 Å². The third-order valence-corrected chi connectivity index (χ3v) is 8.75. The molecule has 1 aromatic heterocycles. The Bertz CT molecular complexity index is 1630. The number of nitrogens with zero attached hydrogens (tertiary/aromatic N) is 4. The van der Waals surface area contributed by atoms with E-state index < -0.39 is 5.97 Å². The summed E-state index contributed by atoms with van der Waals surface area (Å²) in [5.74, 6) is -0.629. The van der Waals surface area contributed by atoms with Crippen molar-refractivity contribution in [3.63, 3.8) is 0 Å². The number of carbonyl (C=O) groups excluding carboxylic acids is 1. The fourth-order valence-corrected chi connectivity index (χ4v) is 6.46. The van der Waals surface area contributed by atoms with Crippen molar-refractivity contribution in [1.29, 1.82) is 0 Å². The number of hydrogen-bond donors (Lipinski definition) is 1. The maximum absolute atomic E-state index is 13.7. The van der Waals surface area contributed by atoms with Crippen LogP contribution in [0.2, 0.25) is 0 Å². The lowest BCUT2D eigenvalue weighted by Crippen LogP contribution is -2.36. The van der Waals surface area contributed by atoms with Crippen LogP contribution in [0, 0.1) is 6.92 Å². The zero-order valence-electron chi connectivity index (χ0n) is 23.7. The molecule has 0 saturated carbocycles. The van der Waals surface area contributed by atoms with Crippen LogP contribution in [-0.4, -0.2) is 50.5 Å². The lowest BCUT2D eigenvalue weighted by atomic mass is 9.83. The van der Waals surface area contributed by atoms with E-state index in [1.165, 1.54) is 11.1 Å². The first-order chi connectivity index (χ1) is 19.9. The Hall–Kier alpha value is -4.20. The Morgan fingerprint density at radius 1 is 1.00 bits per heavy atom. The van der Waals surface area contributed by atoms with Crippen LogP contribution in [0.15, 0.2) is 48.5 Å². The number of aliphatic carboxylic acids is 1. The molecule has 5 aliphatic rings. The summed E-state index contributed by atoms with van der Waals surface area (Å²) in [6.07, 6.45) is 5.90. The van der Waals surface area contributed by atoms with Crippen LogP contribution in [-0.2, 0) is 30.7 Å². The van der Waals surface area contributed by atoms with Crippen LogP contribution in [0.1, 0.15) is 81.8 Å². The first-order valence-electron chi connectivity index (χ1n) is 14.6. The second-order valence-electron chi connectivity index (χ2n) is 11.3. The molecule has 1 amide bonds. The van der Waals surface area contributed by atoms with E-state index in [2.05, 4.69) is 22.4 Å². The van der Waals surface area contributed by atoms with Gasteiger partial charge < -0.3 is 14.7 Å². The minimum atomic E-state index is -0.857. The third-order valence-electron chi connectivity index (χ3n) is 8.75.